The SMILES string of the molecule is CSc1nc2cc(F)ccc2n1-c1ccc(OCCCN2CCCCC2)cc1. The second kappa shape index (κ2) is 8.97. The molecule has 0 amide bonds. The van der Waals surface area contributed by atoms with Gasteiger partial charge < -0.3 is 9.64 Å². The molecule has 0 atom stereocenters. The van der Waals surface area contributed by atoms with E-state index in [2.05, 4.69) is 14.5 Å². The average Bonchev–Trinajstić information content (AvgIpc) is 3.10. The minimum absolute atomic E-state index is 0.266. The highest BCUT2D eigenvalue weighted by Crippen LogP contribution is 2.28. The quantitative estimate of drug-likeness (QED) is 0.406. The maximum Gasteiger partial charge on any atom is 0.173 e. The molecule has 0 saturated carbocycles. The van der Waals surface area contributed by atoms with Crippen LogP contribution in [0, 0.1) is 5.82 Å². The summed E-state index contributed by atoms with van der Waals surface area (Å²) in [5, 5.41) is 0.843. The topological polar surface area (TPSA) is 30.3 Å². The zero-order valence-electron chi connectivity index (χ0n) is 16.2. The predicted molar refractivity (Wildman–Crippen MR) is 113 cm³/mol. The molecule has 4 rings (SSSR count). The van der Waals surface area contributed by atoms with Gasteiger partial charge in [-0.15, -0.1) is 0 Å². The van der Waals surface area contributed by atoms with E-state index in [-0.39, 0.29) is 5.82 Å². The summed E-state index contributed by atoms with van der Waals surface area (Å²) < 4.78 is 21.5. The summed E-state index contributed by atoms with van der Waals surface area (Å²) in [5.41, 5.74) is 2.57. The molecule has 1 saturated heterocycles. The van der Waals surface area contributed by atoms with Gasteiger partial charge in [0.2, 0.25) is 0 Å². The Kier molecular flexibility index (Phi) is 6.17. The molecular formula is C22H26FN3OS. The largest absolute Gasteiger partial charge is 0.494 e. The Bertz CT molecular complexity index is 919. The van der Waals surface area contributed by atoms with Crippen molar-refractivity contribution in [3.05, 3.63) is 48.3 Å². The number of nitrogens with zero attached hydrogens (tertiary/aromatic N) is 3. The lowest BCUT2D eigenvalue weighted by Gasteiger charge is -2.26. The highest BCUT2D eigenvalue weighted by Gasteiger charge is 2.13. The van der Waals surface area contributed by atoms with Gasteiger partial charge >= 0.3 is 0 Å². The van der Waals surface area contributed by atoms with Gasteiger partial charge in [0.15, 0.2) is 5.16 Å². The minimum Gasteiger partial charge on any atom is -0.494 e. The number of hydrogen-bond acceptors (Lipinski definition) is 4. The molecule has 3 aromatic rings. The van der Waals surface area contributed by atoms with Crippen LogP contribution in [-0.4, -0.2) is 46.9 Å². The van der Waals surface area contributed by atoms with E-state index in [1.807, 2.05) is 30.5 Å². The Morgan fingerprint density at radius 2 is 1.86 bits per heavy atom. The molecule has 1 aliphatic heterocycles. The van der Waals surface area contributed by atoms with E-state index < -0.39 is 0 Å². The van der Waals surface area contributed by atoms with Crippen LogP contribution >= 0.6 is 11.8 Å². The van der Waals surface area contributed by atoms with Gasteiger partial charge in [-0.25, -0.2) is 9.37 Å². The van der Waals surface area contributed by atoms with Crippen LogP contribution < -0.4 is 4.74 Å². The standard InChI is InChI=1S/C22H26FN3OS/c1-28-22-24-20-16-17(23)6-11-21(20)26(22)18-7-9-19(10-8-18)27-15-5-14-25-12-3-2-4-13-25/h6-11,16H,2-5,12-15H2,1H3. The number of thioether (sulfide) groups is 1. The van der Waals surface area contributed by atoms with Crippen molar-refractivity contribution in [2.75, 3.05) is 32.5 Å². The van der Waals surface area contributed by atoms with E-state index in [1.54, 1.807) is 17.8 Å². The molecule has 1 fully saturated rings. The third-order valence-electron chi connectivity index (χ3n) is 5.20. The molecule has 0 radical (unpaired) electrons. The number of fused-ring (bicyclic) bond motifs is 1. The number of piperidine rings is 1. The van der Waals surface area contributed by atoms with Crippen molar-refractivity contribution in [1.82, 2.24) is 14.5 Å². The fourth-order valence-electron chi connectivity index (χ4n) is 3.77. The Balaban J connectivity index is 1.41. The van der Waals surface area contributed by atoms with Crippen molar-refractivity contribution < 1.29 is 9.13 Å². The fraction of sp³-hybridized carbons (Fsp3) is 0.409. The molecule has 0 spiro atoms. The minimum atomic E-state index is -0.266. The third-order valence-corrected chi connectivity index (χ3v) is 5.84. The van der Waals surface area contributed by atoms with E-state index >= 15 is 0 Å². The van der Waals surface area contributed by atoms with Crippen LogP contribution in [0.4, 0.5) is 4.39 Å². The predicted octanol–water partition coefficient (Wildman–Crippen LogP) is 5.14. The van der Waals surface area contributed by atoms with Gasteiger partial charge in [0, 0.05) is 18.3 Å². The summed E-state index contributed by atoms with van der Waals surface area (Å²) in [6.45, 7) is 4.32. The molecule has 28 heavy (non-hydrogen) atoms. The lowest BCUT2D eigenvalue weighted by molar-refractivity contribution is 0.205. The van der Waals surface area contributed by atoms with E-state index in [9.17, 15) is 4.39 Å². The summed E-state index contributed by atoms with van der Waals surface area (Å²) >= 11 is 1.55. The number of imidazole rings is 1. The van der Waals surface area contributed by atoms with Crippen LogP contribution in [0.3, 0.4) is 0 Å². The zero-order chi connectivity index (χ0) is 19.3. The van der Waals surface area contributed by atoms with Crippen molar-refractivity contribution in [2.24, 2.45) is 0 Å². The number of hydrogen-bond donors (Lipinski definition) is 0. The number of halogens is 1. The first-order valence-electron chi connectivity index (χ1n) is 9.92. The molecule has 2 aromatic carbocycles. The number of benzene rings is 2. The van der Waals surface area contributed by atoms with Gasteiger partial charge in [0.25, 0.3) is 0 Å². The molecule has 0 aliphatic carbocycles. The molecule has 6 heteroatoms. The molecule has 1 aliphatic rings. The average molecular weight is 400 g/mol. The summed E-state index contributed by atoms with van der Waals surface area (Å²) in [5.74, 6) is 0.613. The number of ether oxygens (including phenoxy) is 1. The smallest absolute Gasteiger partial charge is 0.173 e. The van der Waals surface area contributed by atoms with Crippen LogP contribution in [0.5, 0.6) is 5.75 Å². The summed E-state index contributed by atoms with van der Waals surface area (Å²) in [4.78, 5) is 7.08. The summed E-state index contributed by atoms with van der Waals surface area (Å²) in [6, 6.07) is 12.8. The van der Waals surface area contributed by atoms with Crippen molar-refractivity contribution >= 4 is 22.8 Å². The lowest BCUT2D eigenvalue weighted by atomic mass is 10.1. The summed E-state index contributed by atoms with van der Waals surface area (Å²) in [7, 11) is 0. The van der Waals surface area contributed by atoms with Gasteiger partial charge in [-0.2, -0.15) is 0 Å². The van der Waals surface area contributed by atoms with E-state index in [0.29, 0.717) is 5.52 Å². The Morgan fingerprint density at radius 1 is 1.07 bits per heavy atom. The number of aromatic nitrogens is 2. The van der Waals surface area contributed by atoms with Crippen LogP contribution in [0.2, 0.25) is 0 Å². The zero-order valence-corrected chi connectivity index (χ0v) is 17.1. The number of likely N-dealkylation sites (tertiary alicyclic amines) is 1. The molecule has 1 aromatic heterocycles. The maximum atomic E-state index is 13.5. The summed E-state index contributed by atoms with van der Waals surface area (Å²) in [6.07, 6.45) is 7.06. The van der Waals surface area contributed by atoms with Gasteiger partial charge in [0.05, 0.1) is 17.6 Å². The van der Waals surface area contributed by atoms with E-state index in [0.717, 1.165) is 41.7 Å². The lowest BCUT2D eigenvalue weighted by Crippen LogP contribution is -2.31. The van der Waals surface area contributed by atoms with Gasteiger partial charge in [-0.1, -0.05) is 18.2 Å². The first kappa shape index (κ1) is 19.3. The Morgan fingerprint density at radius 3 is 2.61 bits per heavy atom. The van der Waals surface area contributed by atoms with Gasteiger partial charge in [-0.3, -0.25) is 4.57 Å². The van der Waals surface area contributed by atoms with Gasteiger partial charge in [-0.05, 0) is 75.0 Å². The highest BCUT2D eigenvalue weighted by atomic mass is 32.2. The van der Waals surface area contributed by atoms with Crippen LogP contribution in [0.1, 0.15) is 25.7 Å². The van der Waals surface area contributed by atoms with Crippen LogP contribution in [0.15, 0.2) is 47.6 Å². The van der Waals surface area contributed by atoms with Crippen molar-refractivity contribution in [3.63, 3.8) is 0 Å². The first-order chi connectivity index (χ1) is 13.7. The fourth-order valence-corrected chi connectivity index (χ4v) is 4.35. The second-order valence-electron chi connectivity index (χ2n) is 7.17. The highest BCUT2D eigenvalue weighted by molar-refractivity contribution is 7.98. The monoisotopic (exact) mass is 399 g/mol. The molecule has 0 bridgehead atoms. The molecule has 148 valence electrons. The maximum absolute atomic E-state index is 13.5. The molecule has 4 nitrogen and oxygen atoms in total. The normalized spacial score (nSPS) is 15.2. The van der Waals surface area contributed by atoms with E-state index in [1.165, 1.54) is 44.5 Å². The van der Waals surface area contributed by atoms with Crippen molar-refractivity contribution in [3.8, 4) is 11.4 Å². The Hall–Kier alpha value is -2.05. The molecular weight excluding hydrogens is 373 g/mol. The van der Waals surface area contributed by atoms with Gasteiger partial charge in [0.1, 0.15) is 11.6 Å². The third kappa shape index (κ3) is 4.33. The number of rotatable bonds is 7. The molecule has 0 N–H and O–H groups in total. The van der Waals surface area contributed by atoms with E-state index in [4.69, 9.17) is 4.74 Å². The molecule has 2 heterocycles. The van der Waals surface area contributed by atoms with Crippen LogP contribution in [0.25, 0.3) is 16.7 Å². The van der Waals surface area contributed by atoms with Crippen molar-refractivity contribution in [2.45, 2.75) is 30.8 Å². The van der Waals surface area contributed by atoms with Crippen LogP contribution in [-0.2, 0) is 0 Å². The van der Waals surface area contributed by atoms with Crippen molar-refractivity contribution in [1.29, 1.82) is 0 Å². The first-order valence-corrected chi connectivity index (χ1v) is 11.1. The second-order valence-corrected chi connectivity index (χ2v) is 7.94. The molecule has 0 unspecified atom stereocenters. The Labute approximate surface area is 169 Å².